The van der Waals surface area contributed by atoms with Gasteiger partial charge in [0, 0.05) is 6.54 Å². The molecule has 0 saturated heterocycles. The lowest BCUT2D eigenvalue weighted by Crippen LogP contribution is -2.24. The van der Waals surface area contributed by atoms with Crippen molar-refractivity contribution in [1.29, 1.82) is 5.26 Å². The van der Waals surface area contributed by atoms with Gasteiger partial charge in [0.05, 0.1) is 12.5 Å². The van der Waals surface area contributed by atoms with E-state index in [0.29, 0.717) is 5.56 Å². The highest BCUT2D eigenvalue weighted by Crippen LogP contribution is 2.03. The molecule has 0 bridgehead atoms. The van der Waals surface area contributed by atoms with Crippen LogP contribution in [0.4, 0.5) is 9.18 Å². The van der Waals surface area contributed by atoms with E-state index >= 15 is 0 Å². The van der Waals surface area contributed by atoms with E-state index in [1.165, 1.54) is 24.3 Å². The number of carbonyl (C=O) groups is 1. The summed E-state index contributed by atoms with van der Waals surface area (Å²) in [6, 6.07) is 7.57. The Balaban J connectivity index is 2.26. The minimum absolute atomic E-state index is 0.0820. The summed E-state index contributed by atoms with van der Waals surface area (Å²) in [5.74, 6) is -0.331. The van der Waals surface area contributed by atoms with Crippen molar-refractivity contribution >= 4 is 6.09 Å². The van der Waals surface area contributed by atoms with Crippen molar-refractivity contribution in [3.8, 4) is 6.07 Å². The van der Waals surface area contributed by atoms with Gasteiger partial charge in [-0.15, -0.1) is 0 Å². The minimum atomic E-state index is -0.584. The number of ether oxygens (including phenoxy) is 1. The van der Waals surface area contributed by atoms with Gasteiger partial charge in [-0.3, -0.25) is 0 Å². The first-order chi connectivity index (χ1) is 7.72. The third kappa shape index (κ3) is 4.42. The van der Waals surface area contributed by atoms with Crippen LogP contribution in [0.3, 0.4) is 0 Å². The molecule has 0 aliphatic carbocycles. The second-order valence-corrected chi connectivity index (χ2v) is 3.04. The molecule has 0 fully saturated rings. The Labute approximate surface area is 92.6 Å². The smallest absolute Gasteiger partial charge is 0.407 e. The van der Waals surface area contributed by atoms with Gasteiger partial charge < -0.3 is 10.1 Å². The van der Waals surface area contributed by atoms with Crippen LogP contribution in [0.25, 0.3) is 0 Å². The van der Waals surface area contributed by atoms with E-state index in [2.05, 4.69) is 5.32 Å². The molecule has 1 N–H and O–H groups in total. The molecule has 0 atom stereocenters. The van der Waals surface area contributed by atoms with E-state index in [9.17, 15) is 9.18 Å². The first kappa shape index (κ1) is 12.0. The summed E-state index contributed by atoms with van der Waals surface area (Å²) >= 11 is 0. The molecule has 0 unspecified atom stereocenters. The van der Waals surface area contributed by atoms with Gasteiger partial charge in [-0.25, -0.2) is 9.18 Å². The van der Waals surface area contributed by atoms with Gasteiger partial charge in [-0.1, -0.05) is 12.1 Å². The summed E-state index contributed by atoms with van der Waals surface area (Å²) in [6.07, 6.45) is -0.342. The van der Waals surface area contributed by atoms with E-state index in [1.54, 1.807) is 0 Å². The molecule has 0 heterocycles. The van der Waals surface area contributed by atoms with Crippen molar-refractivity contribution in [3.63, 3.8) is 0 Å². The van der Waals surface area contributed by atoms with Crippen LogP contribution in [0.2, 0.25) is 0 Å². The number of nitrogens with zero attached hydrogens (tertiary/aromatic N) is 1. The van der Waals surface area contributed by atoms with E-state index in [1.807, 2.05) is 6.07 Å². The Morgan fingerprint density at radius 1 is 1.44 bits per heavy atom. The van der Waals surface area contributed by atoms with E-state index in [4.69, 9.17) is 10.00 Å². The molecule has 0 aromatic heterocycles. The summed E-state index contributed by atoms with van der Waals surface area (Å²) in [5.41, 5.74) is 0.705. The number of hydrogen-bond acceptors (Lipinski definition) is 3. The molecule has 1 aromatic rings. The molecule has 1 amide bonds. The van der Waals surface area contributed by atoms with Gasteiger partial charge in [0.2, 0.25) is 0 Å². The predicted octanol–water partition coefficient (Wildman–Crippen LogP) is 1.97. The number of carbonyl (C=O) groups excluding carboxylic acids is 1. The fourth-order valence-corrected chi connectivity index (χ4v) is 1.00. The highest BCUT2D eigenvalue weighted by molar-refractivity contribution is 5.67. The fourth-order valence-electron chi connectivity index (χ4n) is 1.00. The molecule has 0 radical (unpaired) electrons. The lowest BCUT2D eigenvalue weighted by molar-refractivity contribution is 0.140. The standard InChI is InChI=1S/C11H11FN2O2/c12-10-4-2-9(3-5-10)8-16-11(15)14-7-1-6-13/h2-5H,1,7-8H2,(H,14,15). The maximum absolute atomic E-state index is 12.5. The minimum Gasteiger partial charge on any atom is -0.445 e. The molecule has 1 rings (SSSR count). The number of nitrogens with one attached hydrogen (secondary N) is 1. The maximum Gasteiger partial charge on any atom is 0.407 e. The Bertz CT molecular complexity index is 384. The zero-order valence-electron chi connectivity index (χ0n) is 8.57. The normalized spacial score (nSPS) is 9.25. The lowest BCUT2D eigenvalue weighted by atomic mass is 10.2. The Morgan fingerprint density at radius 3 is 2.75 bits per heavy atom. The topological polar surface area (TPSA) is 62.1 Å². The SMILES string of the molecule is N#CCCNC(=O)OCc1ccc(F)cc1. The summed E-state index contributed by atoms with van der Waals surface area (Å²) in [4.78, 5) is 11.0. The van der Waals surface area contributed by atoms with E-state index < -0.39 is 6.09 Å². The van der Waals surface area contributed by atoms with Gasteiger partial charge >= 0.3 is 6.09 Å². The lowest BCUT2D eigenvalue weighted by Gasteiger charge is -2.05. The third-order valence-electron chi connectivity index (χ3n) is 1.79. The summed E-state index contributed by atoms with van der Waals surface area (Å²) < 4.78 is 17.4. The van der Waals surface area contributed by atoms with Crippen LogP contribution in [0.5, 0.6) is 0 Å². The molecule has 16 heavy (non-hydrogen) atoms. The van der Waals surface area contributed by atoms with Gasteiger partial charge in [0.1, 0.15) is 12.4 Å². The van der Waals surface area contributed by atoms with Crippen LogP contribution in [0, 0.1) is 17.1 Å². The Kier molecular flexibility index (Phi) is 4.80. The van der Waals surface area contributed by atoms with Crippen LogP contribution in [-0.4, -0.2) is 12.6 Å². The van der Waals surface area contributed by atoms with Crippen LogP contribution < -0.4 is 5.32 Å². The fraction of sp³-hybridized carbons (Fsp3) is 0.273. The Morgan fingerprint density at radius 2 is 2.12 bits per heavy atom. The maximum atomic E-state index is 12.5. The Hall–Kier alpha value is -2.09. The number of rotatable bonds is 4. The largest absolute Gasteiger partial charge is 0.445 e. The zero-order valence-corrected chi connectivity index (χ0v) is 8.57. The van der Waals surface area contributed by atoms with Crippen molar-refractivity contribution in [2.75, 3.05) is 6.54 Å². The molecular formula is C11H11FN2O2. The molecule has 0 spiro atoms. The van der Waals surface area contributed by atoms with Crippen molar-refractivity contribution in [3.05, 3.63) is 35.6 Å². The van der Waals surface area contributed by atoms with E-state index in [0.717, 1.165) is 0 Å². The highest BCUT2D eigenvalue weighted by Gasteiger charge is 2.01. The van der Waals surface area contributed by atoms with Crippen LogP contribution in [0.1, 0.15) is 12.0 Å². The molecule has 0 aliphatic heterocycles. The first-order valence-electron chi connectivity index (χ1n) is 4.74. The van der Waals surface area contributed by atoms with Gasteiger partial charge in [-0.2, -0.15) is 5.26 Å². The van der Waals surface area contributed by atoms with Crippen molar-refractivity contribution < 1.29 is 13.9 Å². The van der Waals surface area contributed by atoms with Crippen LogP contribution in [-0.2, 0) is 11.3 Å². The van der Waals surface area contributed by atoms with Crippen molar-refractivity contribution in [1.82, 2.24) is 5.32 Å². The number of alkyl carbamates (subject to hydrolysis) is 1. The van der Waals surface area contributed by atoms with Gasteiger partial charge in [0.25, 0.3) is 0 Å². The van der Waals surface area contributed by atoms with Crippen LogP contribution in [0.15, 0.2) is 24.3 Å². The number of halogens is 1. The third-order valence-corrected chi connectivity index (χ3v) is 1.79. The van der Waals surface area contributed by atoms with Crippen molar-refractivity contribution in [2.24, 2.45) is 0 Å². The molecule has 84 valence electrons. The zero-order chi connectivity index (χ0) is 11.8. The van der Waals surface area contributed by atoms with Gasteiger partial charge in [0.15, 0.2) is 0 Å². The second-order valence-electron chi connectivity index (χ2n) is 3.04. The highest BCUT2D eigenvalue weighted by atomic mass is 19.1. The van der Waals surface area contributed by atoms with Crippen LogP contribution >= 0.6 is 0 Å². The average Bonchev–Trinajstić information content (AvgIpc) is 2.29. The molecule has 0 saturated carbocycles. The molecule has 4 nitrogen and oxygen atoms in total. The molecule has 0 aliphatic rings. The average molecular weight is 222 g/mol. The number of hydrogen-bond donors (Lipinski definition) is 1. The molecule has 1 aromatic carbocycles. The quantitative estimate of drug-likeness (QED) is 0.792. The summed E-state index contributed by atoms with van der Waals surface area (Å²) in [7, 11) is 0. The first-order valence-corrected chi connectivity index (χ1v) is 4.74. The van der Waals surface area contributed by atoms with Gasteiger partial charge in [-0.05, 0) is 17.7 Å². The second kappa shape index (κ2) is 6.40. The molecule has 5 heteroatoms. The molecular weight excluding hydrogens is 211 g/mol. The monoisotopic (exact) mass is 222 g/mol. The summed E-state index contributed by atoms with van der Waals surface area (Å²) in [6.45, 7) is 0.345. The number of amides is 1. The van der Waals surface area contributed by atoms with E-state index in [-0.39, 0.29) is 25.4 Å². The number of nitriles is 1. The summed E-state index contributed by atoms with van der Waals surface area (Å²) in [5, 5.41) is 10.6. The number of benzene rings is 1. The van der Waals surface area contributed by atoms with Crippen molar-refractivity contribution in [2.45, 2.75) is 13.0 Å². The predicted molar refractivity (Wildman–Crippen MR) is 54.8 cm³/mol.